The lowest BCUT2D eigenvalue weighted by molar-refractivity contribution is 0.227. The molecule has 0 aliphatic heterocycles. The summed E-state index contributed by atoms with van der Waals surface area (Å²) in [5.74, 6) is 0. The van der Waals surface area contributed by atoms with Crippen molar-refractivity contribution >= 4 is 7.75 Å². The highest BCUT2D eigenvalue weighted by Gasteiger charge is 2.30. The minimum Gasteiger partial charge on any atom is -0.312 e. The standard InChI is InChI=1S/C16H20NO3P/c1-14(12-15-8-4-2-5-9-15)17(21(18,19)20)13-16-10-6-3-7-11-16/h2-11,14H,12-13H2,1H3,(H2,18,19,20). The molecule has 0 amide bonds. The van der Waals surface area contributed by atoms with E-state index < -0.39 is 7.75 Å². The number of hydrogen-bond acceptors (Lipinski definition) is 1. The van der Waals surface area contributed by atoms with Gasteiger partial charge in [-0.2, -0.15) is 0 Å². The van der Waals surface area contributed by atoms with E-state index >= 15 is 0 Å². The molecular weight excluding hydrogens is 285 g/mol. The van der Waals surface area contributed by atoms with Crippen LogP contribution in [0.3, 0.4) is 0 Å². The number of hydrogen-bond donors (Lipinski definition) is 2. The first-order valence-electron chi connectivity index (χ1n) is 6.87. The van der Waals surface area contributed by atoms with Crippen LogP contribution in [0.2, 0.25) is 0 Å². The molecule has 0 saturated heterocycles. The van der Waals surface area contributed by atoms with Gasteiger partial charge in [-0.05, 0) is 24.5 Å². The summed E-state index contributed by atoms with van der Waals surface area (Å²) in [6, 6.07) is 18.8. The summed E-state index contributed by atoms with van der Waals surface area (Å²) >= 11 is 0. The van der Waals surface area contributed by atoms with Gasteiger partial charge in [-0.1, -0.05) is 60.7 Å². The van der Waals surface area contributed by atoms with Crippen molar-refractivity contribution in [2.45, 2.75) is 25.9 Å². The first-order valence-corrected chi connectivity index (χ1v) is 8.44. The van der Waals surface area contributed by atoms with Crippen LogP contribution < -0.4 is 0 Å². The van der Waals surface area contributed by atoms with E-state index in [-0.39, 0.29) is 12.6 Å². The molecule has 1 atom stereocenters. The van der Waals surface area contributed by atoms with Gasteiger partial charge in [0, 0.05) is 12.6 Å². The Labute approximate surface area is 125 Å². The largest absolute Gasteiger partial charge is 0.403 e. The highest BCUT2D eigenvalue weighted by Crippen LogP contribution is 2.43. The number of rotatable bonds is 6. The van der Waals surface area contributed by atoms with Gasteiger partial charge in [0.1, 0.15) is 0 Å². The second-order valence-corrected chi connectivity index (χ2v) is 6.68. The van der Waals surface area contributed by atoms with Gasteiger partial charge in [-0.25, -0.2) is 9.24 Å². The summed E-state index contributed by atoms with van der Waals surface area (Å²) < 4.78 is 13.0. The van der Waals surface area contributed by atoms with Gasteiger partial charge in [0.25, 0.3) is 0 Å². The Kier molecular flexibility index (Phi) is 5.32. The van der Waals surface area contributed by atoms with E-state index in [0.29, 0.717) is 6.42 Å². The van der Waals surface area contributed by atoms with Crippen molar-refractivity contribution in [1.29, 1.82) is 0 Å². The summed E-state index contributed by atoms with van der Waals surface area (Å²) in [6.45, 7) is 2.08. The molecule has 0 fully saturated rings. The summed E-state index contributed by atoms with van der Waals surface area (Å²) in [5, 5.41) is 0. The average Bonchev–Trinajstić information content (AvgIpc) is 2.45. The molecule has 2 aromatic rings. The lowest BCUT2D eigenvalue weighted by Gasteiger charge is -2.29. The van der Waals surface area contributed by atoms with Crippen LogP contribution in [0, 0.1) is 0 Å². The lowest BCUT2D eigenvalue weighted by atomic mass is 10.1. The minimum absolute atomic E-state index is 0.235. The van der Waals surface area contributed by atoms with Gasteiger partial charge < -0.3 is 9.79 Å². The predicted molar refractivity (Wildman–Crippen MR) is 83.6 cm³/mol. The van der Waals surface area contributed by atoms with Gasteiger partial charge in [-0.15, -0.1) is 0 Å². The fourth-order valence-electron chi connectivity index (χ4n) is 2.34. The Bertz CT molecular complexity index is 597. The average molecular weight is 305 g/mol. The second-order valence-electron chi connectivity index (χ2n) is 5.14. The molecule has 2 N–H and O–H groups in total. The topological polar surface area (TPSA) is 60.8 Å². The molecule has 21 heavy (non-hydrogen) atoms. The van der Waals surface area contributed by atoms with Crippen molar-refractivity contribution in [3.05, 3.63) is 71.8 Å². The van der Waals surface area contributed by atoms with E-state index in [0.717, 1.165) is 11.1 Å². The maximum Gasteiger partial charge on any atom is 0.403 e. The van der Waals surface area contributed by atoms with E-state index in [1.807, 2.05) is 67.6 Å². The third kappa shape index (κ3) is 4.80. The first-order chi connectivity index (χ1) is 9.97. The van der Waals surface area contributed by atoms with E-state index in [1.54, 1.807) is 0 Å². The Morgan fingerprint density at radius 3 is 1.90 bits per heavy atom. The third-order valence-electron chi connectivity index (χ3n) is 3.40. The minimum atomic E-state index is -4.30. The molecule has 0 aromatic heterocycles. The van der Waals surface area contributed by atoms with E-state index in [1.165, 1.54) is 4.67 Å². The second kappa shape index (κ2) is 7.01. The van der Waals surface area contributed by atoms with Gasteiger partial charge in [-0.3, -0.25) is 0 Å². The summed E-state index contributed by atoms with van der Waals surface area (Å²) in [5.41, 5.74) is 1.96. The SMILES string of the molecule is CC(Cc1ccccc1)N(Cc1ccccc1)P(=O)(O)O. The molecule has 0 spiro atoms. The summed E-state index contributed by atoms with van der Waals surface area (Å²) in [7, 11) is -4.30. The lowest BCUT2D eigenvalue weighted by Crippen LogP contribution is -2.31. The van der Waals surface area contributed by atoms with E-state index in [2.05, 4.69) is 0 Å². The molecular formula is C16H20NO3P. The van der Waals surface area contributed by atoms with Crippen molar-refractivity contribution in [3.63, 3.8) is 0 Å². The number of nitrogens with zero attached hydrogens (tertiary/aromatic N) is 1. The van der Waals surface area contributed by atoms with Crippen LogP contribution in [-0.4, -0.2) is 20.5 Å². The van der Waals surface area contributed by atoms with Crippen LogP contribution in [0.25, 0.3) is 0 Å². The van der Waals surface area contributed by atoms with Crippen LogP contribution in [-0.2, 0) is 17.5 Å². The summed E-state index contributed by atoms with van der Waals surface area (Å²) in [6.07, 6.45) is 0.596. The smallest absolute Gasteiger partial charge is 0.312 e. The zero-order chi connectivity index (χ0) is 15.3. The van der Waals surface area contributed by atoms with Crippen molar-refractivity contribution in [1.82, 2.24) is 4.67 Å². The molecule has 0 aliphatic rings. The van der Waals surface area contributed by atoms with Crippen molar-refractivity contribution in [3.8, 4) is 0 Å². The van der Waals surface area contributed by atoms with Gasteiger partial charge in [0.2, 0.25) is 0 Å². The van der Waals surface area contributed by atoms with Crippen molar-refractivity contribution in [2.24, 2.45) is 0 Å². The molecule has 0 radical (unpaired) electrons. The monoisotopic (exact) mass is 305 g/mol. The highest BCUT2D eigenvalue weighted by molar-refractivity contribution is 7.49. The molecule has 1 unspecified atom stereocenters. The Morgan fingerprint density at radius 1 is 0.952 bits per heavy atom. The quantitative estimate of drug-likeness (QED) is 0.805. The van der Waals surface area contributed by atoms with E-state index in [4.69, 9.17) is 0 Å². The molecule has 2 aromatic carbocycles. The van der Waals surface area contributed by atoms with Gasteiger partial charge in [0.15, 0.2) is 0 Å². The predicted octanol–water partition coefficient (Wildman–Crippen LogP) is 3.21. The van der Waals surface area contributed by atoms with Crippen molar-refractivity contribution in [2.75, 3.05) is 0 Å². The Morgan fingerprint density at radius 2 is 1.43 bits per heavy atom. The molecule has 0 bridgehead atoms. The number of benzene rings is 2. The maximum atomic E-state index is 11.8. The van der Waals surface area contributed by atoms with Gasteiger partial charge >= 0.3 is 7.75 Å². The Balaban J connectivity index is 2.14. The third-order valence-corrected chi connectivity index (χ3v) is 4.61. The van der Waals surface area contributed by atoms with Crippen molar-refractivity contribution < 1.29 is 14.4 Å². The molecule has 4 nitrogen and oxygen atoms in total. The maximum absolute atomic E-state index is 11.8. The molecule has 0 aliphatic carbocycles. The van der Waals surface area contributed by atoms with Crippen LogP contribution in [0.1, 0.15) is 18.1 Å². The van der Waals surface area contributed by atoms with Crippen LogP contribution in [0.4, 0.5) is 0 Å². The fourth-order valence-corrected chi connectivity index (χ4v) is 3.28. The van der Waals surface area contributed by atoms with E-state index in [9.17, 15) is 14.4 Å². The van der Waals surface area contributed by atoms with Gasteiger partial charge in [0.05, 0.1) is 0 Å². The molecule has 0 heterocycles. The fraction of sp³-hybridized carbons (Fsp3) is 0.250. The van der Waals surface area contributed by atoms with Crippen LogP contribution in [0.5, 0.6) is 0 Å². The summed E-state index contributed by atoms with van der Waals surface area (Å²) in [4.78, 5) is 19.2. The molecule has 112 valence electrons. The highest BCUT2D eigenvalue weighted by atomic mass is 31.2. The van der Waals surface area contributed by atoms with Crippen LogP contribution >= 0.6 is 7.75 Å². The normalized spacial score (nSPS) is 13.3. The molecule has 2 rings (SSSR count). The van der Waals surface area contributed by atoms with Crippen LogP contribution in [0.15, 0.2) is 60.7 Å². The molecule has 5 heteroatoms. The Hall–Kier alpha value is -1.45. The first kappa shape index (κ1) is 15.9. The zero-order valence-electron chi connectivity index (χ0n) is 12.0. The zero-order valence-corrected chi connectivity index (χ0v) is 12.9. The molecule has 0 saturated carbocycles.